The highest BCUT2D eigenvalue weighted by Crippen LogP contribution is 2.36. The van der Waals surface area contributed by atoms with Crippen LogP contribution in [0.5, 0.6) is 5.75 Å². The van der Waals surface area contributed by atoms with Gasteiger partial charge >= 0.3 is 0 Å². The summed E-state index contributed by atoms with van der Waals surface area (Å²) in [6, 6.07) is 4.30. The number of ether oxygens (including phenoxy) is 1. The summed E-state index contributed by atoms with van der Waals surface area (Å²) >= 11 is 3.56. The molecule has 2 nitrogen and oxygen atoms in total. The van der Waals surface area contributed by atoms with Crippen molar-refractivity contribution < 1.29 is 4.74 Å². The van der Waals surface area contributed by atoms with Gasteiger partial charge in [-0.2, -0.15) is 0 Å². The Morgan fingerprint density at radius 3 is 3.07 bits per heavy atom. The van der Waals surface area contributed by atoms with Gasteiger partial charge in [0.05, 0.1) is 11.1 Å². The van der Waals surface area contributed by atoms with E-state index in [4.69, 9.17) is 4.74 Å². The van der Waals surface area contributed by atoms with Crippen LogP contribution in [0.3, 0.4) is 0 Å². The van der Waals surface area contributed by atoms with E-state index >= 15 is 0 Å². The molecule has 15 heavy (non-hydrogen) atoms. The molecule has 80 valence electrons. The van der Waals surface area contributed by atoms with E-state index in [1.54, 1.807) is 0 Å². The Morgan fingerprint density at radius 2 is 2.27 bits per heavy atom. The van der Waals surface area contributed by atoms with Gasteiger partial charge in [0.25, 0.3) is 0 Å². The number of benzene rings is 1. The molecule has 1 saturated carbocycles. The Labute approximate surface area is 98.1 Å². The number of nitrogens with one attached hydrogen (secondary N) is 1. The molecule has 1 aromatic rings. The molecule has 0 spiro atoms. The van der Waals surface area contributed by atoms with Crippen molar-refractivity contribution in [1.29, 1.82) is 0 Å². The largest absolute Gasteiger partial charge is 0.492 e. The van der Waals surface area contributed by atoms with E-state index < -0.39 is 0 Å². The maximum atomic E-state index is 5.81. The average Bonchev–Trinajstić information content (AvgIpc) is 2.94. The summed E-state index contributed by atoms with van der Waals surface area (Å²) in [5, 5.41) is 3.36. The molecule has 0 atom stereocenters. The van der Waals surface area contributed by atoms with Gasteiger partial charge in [0.15, 0.2) is 0 Å². The number of hydrogen-bond acceptors (Lipinski definition) is 2. The molecule has 2 aliphatic rings. The Bertz CT molecular complexity index is 387. The van der Waals surface area contributed by atoms with Gasteiger partial charge in [-0.15, -0.1) is 0 Å². The van der Waals surface area contributed by atoms with Crippen molar-refractivity contribution in [3.05, 3.63) is 22.2 Å². The molecule has 0 amide bonds. The normalized spacial score (nSPS) is 18.5. The summed E-state index contributed by atoms with van der Waals surface area (Å²) in [6.45, 7) is 1.93. The van der Waals surface area contributed by atoms with Gasteiger partial charge in [0.2, 0.25) is 0 Å². The van der Waals surface area contributed by atoms with E-state index in [1.807, 2.05) is 0 Å². The lowest BCUT2D eigenvalue weighted by Gasteiger charge is -2.09. The highest BCUT2D eigenvalue weighted by molar-refractivity contribution is 9.10. The zero-order chi connectivity index (χ0) is 10.3. The van der Waals surface area contributed by atoms with Crippen LogP contribution in [0.15, 0.2) is 16.6 Å². The second kappa shape index (κ2) is 3.71. The quantitative estimate of drug-likeness (QED) is 0.908. The maximum Gasteiger partial charge on any atom is 0.133 e. The fourth-order valence-corrected chi connectivity index (χ4v) is 2.36. The summed E-state index contributed by atoms with van der Waals surface area (Å²) < 4.78 is 6.88. The second-order valence-corrected chi connectivity index (χ2v) is 5.23. The molecule has 0 bridgehead atoms. The molecule has 0 unspecified atom stereocenters. The highest BCUT2D eigenvalue weighted by atomic mass is 79.9. The van der Waals surface area contributed by atoms with Crippen LogP contribution in [-0.2, 0) is 6.42 Å². The SMILES string of the molecule is Brc1cc2c(cc1OCC1CC1)CCN2. The number of halogens is 1. The van der Waals surface area contributed by atoms with Crippen LogP contribution in [0.1, 0.15) is 18.4 Å². The van der Waals surface area contributed by atoms with Crippen molar-refractivity contribution in [2.45, 2.75) is 19.3 Å². The van der Waals surface area contributed by atoms with Gasteiger partial charge in [-0.25, -0.2) is 0 Å². The van der Waals surface area contributed by atoms with E-state index in [2.05, 4.69) is 33.4 Å². The zero-order valence-corrected chi connectivity index (χ0v) is 10.1. The lowest BCUT2D eigenvalue weighted by molar-refractivity contribution is 0.298. The molecule has 0 aromatic heterocycles. The number of anilines is 1. The molecular formula is C12H14BrNO. The second-order valence-electron chi connectivity index (χ2n) is 4.37. The molecule has 1 aliphatic carbocycles. The van der Waals surface area contributed by atoms with Crippen LogP contribution in [-0.4, -0.2) is 13.2 Å². The fraction of sp³-hybridized carbons (Fsp3) is 0.500. The minimum atomic E-state index is 0.809. The van der Waals surface area contributed by atoms with Crippen molar-refractivity contribution in [3.63, 3.8) is 0 Å². The smallest absolute Gasteiger partial charge is 0.133 e. The molecule has 1 heterocycles. The average molecular weight is 268 g/mol. The molecule has 1 aromatic carbocycles. The molecule has 0 radical (unpaired) electrons. The molecule has 1 N–H and O–H groups in total. The summed E-state index contributed by atoms with van der Waals surface area (Å²) in [5.74, 6) is 1.81. The molecule has 0 saturated heterocycles. The van der Waals surface area contributed by atoms with E-state index in [0.717, 1.165) is 35.7 Å². The first-order valence-electron chi connectivity index (χ1n) is 5.52. The van der Waals surface area contributed by atoms with Gasteiger partial charge in [-0.1, -0.05) is 0 Å². The third kappa shape index (κ3) is 1.98. The molecule has 3 heteroatoms. The van der Waals surface area contributed by atoms with Gasteiger partial charge in [0, 0.05) is 12.2 Å². The predicted molar refractivity (Wildman–Crippen MR) is 64.6 cm³/mol. The number of rotatable bonds is 3. The fourth-order valence-electron chi connectivity index (χ4n) is 1.90. The van der Waals surface area contributed by atoms with Crippen LogP contribution in [0.4, 0.5) is 5.69 Å². The Hall–Kier alpha value is -0.700. The minimum Gasteiger partial charge on any atom is -0.492 e. The topological polar surface area (TPSA) is 21.3 Å². The first kappa shape index (κ1) is 9.52. The van der Waals surface area contributed by atoms with E-state index in [9.17, 15) is 0 Å². The van der Waals surface area contributed by atoms with Gasteiger partial charge in [-0.05, 0) is 58.8 Å². The highest BCUT2D eigenvalue weighted by Gasteiger charge is 2.22. The molecule has 1 fully saturated rings. The van der Waals surface area contributed by atoms with Crippen molar-refractivity contribution in [1.82, 2.24) is 0 Å². The van der Waals surface area contributed by atoms with Gasteiger partial charge in [0.1, 0.15) is 5.75 Å². The van der Waals surface area contributed by atoms with Gasteiger partial charge < -0.3 is 10.1 Å². The van der Waals surface area contributed by atoms with Gasteiger partial charge in [-0.3, -0.25) is 0 Å². The monoisotopic (exact) mass is 267 g/mol. The molecule has 3 rings (SSSR count). The van der Waals surface area contributed by atoms with Crippen molar-refractivity contribution in [3.8, 4) is 5.75 Å². The Kier molecular flexibility index (Phi) is 2.35. The number of fused-ring (bicyclic) bond motifs is 1. The summed E-state index contributed by atoms with van der Waals surface area (Å²) in [5.41, 5.74) is 2.63. The van der Waals surface area contributed by atoms with Crippen LogP contribution >= 0.6 is 15.9 Å². The third-order valence-corrected chi connectivity index (χ3v) is 3.66. The van der Waals surface area contributed by atoms with E-state index in [0.29, 0.717) is 0 Å². The van der Waals surface area contributed by atoms with Crippen LogP contribution in [0.25, 0.3) is 0 Å². The predicted octanol–water partition coefficient (Wildman–Crippen LogP) is 3.21. The number of hydrogen-bond donors (Lipinski definition) is 1. The van der Waals surface area contributed by atoms with Crippen LogP contribution in [0, 0.1) is 5.92 Å². The summed E-state index contributed by atoms with van der Waals surface area (Å²) in [6.07, 6.45) is 3.79. The third-order valence-electron chi connectivity index (χ3n) is 3.04. The van der Waals surface area contributed by atoms with Crippen molar-refractivity contribution in [2.75, 3.05) is 18.5 Å². The minimum absolute atomic E-state index is 0.809. The molecular weight excluding hydrogens is 254 g/mol. The molecule has 1 aliphatic heterocycles. The Balaban J connectivity index is 1.80. The first-order chi connectivity index (χ1) is 7.33. The lowest BCUT2D eigenvalue weighted by atomic mass is 10.1. The lowest BCUT2D eigenvalue weighted by Crippen LogP contribution is -2.00. The summed E-state index contributed by atoms with van der Waals surface area (Å²) in [4.78, 5) is 0. The standard InChI is InChI=1S/C12H14BrNO/c13-10-6-11-9(3-4-14-11)5-12(10)15-7-8-1-2-8/h5-6,8,14H,1-4,7H2. The summed E-state index contributed by atoms with van der Waals surface area (Å²) in [7, 11) is 0. The zero-order valence-electron chi connectivity index (χ0n) is 8.55. The first-order valence-corrected chi connectivity index (χ1v) is 6.31. The van der Waals surface area contributed by atoms with Crippen LogP contribution in [0.2, 0.25) is 0 Å². The van der Waals surface area contributed by atoms with E-state index in [1.165, 1.54) is 24.1 Å². The van der Waals surface area contributed by atoms with Crippen molar-refractivity contribution >= 4 is 21.6 Å². The van der Waals surface area contributed by atoms with Crippen LogP contribution < -0.4 is 10.1 Å². The maximum absolute atomic E-state index is 5.81. The van der Waals surface area contributed by atoms with Crippen molar-refractivity contribution in [2.24, 2.45) is 5.92 Å². The van der Waals surface area contributed by atoms with E-state index in [-0.39, 0.29) is 0 Å². The Morgan fingerprint density at radius 1 is 1.40 bits per heavy atom.